The number of aromatic nitrogens is 1. The Bertz CT molecular complexity index is 602. The molecule has 110 valence electrons. The molecule has 1 aromatic heterocycles. The number of amides is 1. The molecular formula is C16H18BrN3O. The fourth-order valence-electron chi connectivity index (χ4n) is 1.92. The Morgan fingerprint density at radius 1 is 1.24 bits per heavy atom. The van der Waals surface area contributed by atoms with Gasteiger partial charge in [-0.3, -0.25) is 9.78 Å². The summed E-state index contributed by atoms with van der Waals surface area (Å²) in [6.07, 6.45) is 3.97. The van der Waals surface area contributed by atoms with Gasteiger partial charge in [0.05, 0.1) is 0 Å². The number of benzene rings is 1. The molecule has 1 heterocycles. The standard InChI is InChI=1S/C16H18BrN3O/c1-12-10-14(17)2-3-15(12)20-16(21)6-9-19-11-13-4-7-18-8-5-13/h2-5,7-8,10,19H,6,9,11H2,1H3,(H,20,21). The van der Waals surface area contributed by atoms with Gasteiger partial charge in [0.2, 0.25) is 5.91 Å². The molecule has 1 aromatic carbocycles. The lowest BCUT2D eigenvalue weighted by molar-refractivity contribution is -0.116. The fraction of sp³-hybridized carbons (Fsp3) is 0.250. The molecule has 21 heavy (non-hydrogen) atoms. The molecular weight excluding hydrogens is 330 g/mol. The molecule has 0 saturated heterocycles. The van der Waals surface area contributed by atoms with E-state index in [0.29, 0.717) is 13.0 Å². The van der Waals surface area contributed by atoms with Crippen LogP contribution in [0.15, 0.2) is 47.2 Å². The third-order valence-electron chi connectivity index (χ3n) is 3.07. The molecule has 0 bridgehead atoms. The van der Waals surface area contributed by atoms with Gasteiger partial charge in [0.25, 0.3) is 0 Å². The molecule has 2 rings (SSSR count). The first kappa shape index (κ1) is 15.7. The summed E-state index contributed by atoms with van der Waals surface area (Å²) in [5.41, 5.74) is 3.06. The second-order valence-electron chi connectivity index (χ2n) is 4.79. The van der Waals surface area contributed by atoms with E-state index in [4.69, 9.17) is 0 Å². The van der Waals surface area contributed by atoms with Gasteiger partial charge < -0.3 is 10.6 Å². The molecule has 0 aliphatic carbocycles. The summed E-state index contributed by atoms with van der Waals surface area (Å²) in [6.45, 7) is 3.36. The third kappa shape index (κ3) is 5.28. The molecule has 0 saturated carbocycles. The monoisotopic (exact) mass is 347 g/mol. The number of halogens is 1. The molecule has 0 radical (unpaired) electrons. The highest BCUT2D eigenvalue weighted by atomic mass is 79.9. The predicted molar refractivity (Wildman–Crippen MR) is 88.1 cm³/mol. The number of hydrogen-bond acceptors (Lipinski definition) is 3. The molecule has 4 nitrogen and oxygen atoms in total. The molecule has 0 spiro atoms. The van der Waals surface area contributed by atoms with Gasteiger partial charge in [-0.25, -0.2) is 0 Å². The molecule has 1 amide bonds. The number of nitrogens with one attached hydrogen (secondary N) is 2. The maximum absolute atomic E-state index is 11.9. The molecule has 0 fully saturated rings. The minimum absolute atomic E-state index is 0.0163. The molecule has 0 unspecified atom stereocenters. The zero-order valence-electron chi connectivity index (χ0n) is 11.9. The molecule has 2 N–H and O–H groups in total. The zero-order chi connectivity index (χ0) is 15.1. The summed E-state index contributed by atoms with van der Waals surface area (Å²) in [5, 5.41) is 6.17. The lowest BCUT2D eigenvalue weighted by Gasteiger charge is -2.09. The first-order valence-electron chi connectivity index (χ1n) is 6.81. The van der Waals surface area contributed by atoms with E-state index in [1.807, 2.05) is 37.3 Å². The maximum atomic E-state index is 11.9. The van der Waals surface area contributed by atoms with E-state index in [-0.39, 0.29) is 5.91 Å². The van der Waals surface area contributed by atoms with Crippen molar-refractivity contribution in [3.05, 3.63) is 58.3 Å². The smallest absolute Gasteiger partial charge is 0.225 e. The van der Waals surface area contributed by atoms with Gasteiger partial charge in [-0.2, -0.15) is 0 Å². The van der Waals surface area contributed by atoms with E-state index in [0.717, 1.165) is 27.8 Å². The van der Waals surface area contributed by atoms with Crippen LogP contribution in [0.5, 0.6) is 0 Å². The summed E-state index contributed by atoms with van der Waals surface area (Å²) in [4.78, 5) is 15.9. The van der Waals surface area contributed by atoms with Crippen molar-refractivity contribution in [1.29, 1.82) is 0 Å². The number of hydrogen-bond donors (Lipinski definition) is 2. The van der Waals surface area contributed by atoms with Crippen molar-refractivity contribution in [2.75, 3.05) is 11.9 Å². The number of anilines is 1. The van der Waals surface area contributed by atoms with Crippen LogP contribution in [0.25, 0.3) is 0 Å². The Hall–Kier alpha value is -1.72. The van der Waals surface area contributed by atoms with Crippen molar-refractivity contribution < 1.29 is 4.79 Å². The van der Waals surface area contributed by atoms with Gasteiger partial charge in [-0.1, -0.05) is 15.9 Å². The van der Waals surface area contributed by atoms with Crippen LogP contribution in [0, 0.1) is 6.92 Å². The van der Waals surface area contributed by atoms with E-state index in [1.54, 1.807) is 12.4 Å². The van der Waals surface area contributed by atoms with E-state index < -0.39 is 0 Å². The molecule has 0 aliphatic heterocycles. The van der Waals surface area contributed by atoms with Crippen molar-refractivity contribution >= 4 is 27.5 Å². The van der Waals surface area contributed by atoms with Gasteiger partial charge in [0.1, 0.15) is 0 Å². The van der Waals surface area contributed by atoms with Crippen LogP contribution in [0.2, 0.25) is 0 Å². The second kappa shape index (κ2) is 7.90. The van der Waals surface area contributed by atoms with Crippen LogP contribution in [0.1, 0.15) is 17.5 Å². The topological polar surface area (TPSA) is 54.0 Å². The highest BCUT2D eigenvalue weighted by molar-refractivity contribution is 9.10. The van der Waals surface area contributed by atoms with Gasteiger partial charge in [-0.05, 0) is 48.4 Å². The third-order valence-corrected chi connectivity index (χ3v) is 3.56. The minimum atomic E-state index is 0.0163. The largest absolute Gasteiger partial charge is 0.326 e. The van der Waals surface area contributed by atoms with E-state index in [1.165, 1.54) is 0 Å². The Balaban J connectivity index is 1.72. The first-order chi connectivity index (χ1) is 10.1. The van der Waals surface area contributed by atoms with Crippen LogP contribution in [0.4, 0.5) is 5.69 Å². The fourth-order valence-corrected chi connectivity index (χ4v) is 2.39. The van der Waals surface area contributed by atoms with Crippen molar-refractivity contribution in [1.82, 2.24) is 10.3 Å². The van der Waals surface area contributed by atoms with E-state index in [9.17, 15) is 4.79 Å². The molecule has 0 aliphatic rings. The lowest BCUT2D eigenvalue weighted by atomic mass is 10.2. The Labute approximate surface area is 133 Å². The highest BCUT2D eigenvalue weighted by Crippen LogP contribution is 2.19. The number of carbonyl (C=O) groups excluding carboxylic acids is 1. The van der Waals surface area contributed by atoms with Gasteiger partial charge in [-0.15, -0.1) is 0 Å². The summed E-state index contributed by atoms with van der Waals surface area (Å²) < 4.78 is 1.01. The van der Waals surface area contributed by atoms with E-state index in [2.05, 4.69) is 31.5 Å². The van der Waals surface area contributed by atoms with Gasteiger partial charge in [0.15, 0.2) is 0 Å². The Morgan fingerprint density at radius 3 is 2.71 bits per heavy atom. The van der Waals surface area contributed by atoms with Crippen LogP contribution >= 0.6 is 15.9 Å². The van der Waals surface area contributed by atoms with Crippen molar-refractivity contribution in [3.8, 4) is 0 Å². The summed E-state index contributed by atoms with van der Waals surface area (Å²) >= 11 is 3.41. The van der Waals surface area contributed by atoms with E-state index >= 15 is 0 Å². The van der Waals surface area contributed by atoms with Gasteiger partial charge in [0, 0.05) is 42.1 Å². The minimum Gasteiger partial charge on any atom is -0.326 e. The zero-order valence-corrected chi connectivity index (χ0v) is 13.5. The summed E-state index contributed by atoms with van der Waals surface area (Å²) in [5.74, 6) is 0.0163. The van der Waals surface area contributed by atoms with Crippen molar-refractivity contribution in [2.45, 2.75) is 19.9 Å². The number of rotatable bonds is 6. The Kier molecular flexibility index (Phi) is 5.90. The average molecular weight is 348 g/mol. The predicted octanol–water partition coefficient (Wildman–Crippen LogP) is 3.27. The number of aryl methyl sites for hydroxylation is 1. The second-order valence-corrected chi connectivity index (χ2v) is 5.71. The number of pyridine rings is 1. The summed E-state index contributed by atoms with van der Waals surface area (Å²) in [6, 6.07) is 9.72. The number of nitrogens with zero attached hydrogens (tertiary/aromatic N) is 1. The molecule has 2 aromatic rings. The summed E-state index contributed by atoms with van der Waals surface area (Å²) in [7, 11) is 0. The normalized spacial score (nSPS) is 10.4. The van der Waals surface area contributed by atoms with Crippen LogP contribution < -0.4 is 10.6 Å². The average Bonchev–Trinajstić information content (AvgIpc) is 2.48. The number of carbonyl (C=O) groups is 1. The lowest BCUT2D eigenvalue weighted by Crippen LogP contribution is -2.21. The maximum Gasteiger partial charge on any atom is 0.225 e. The van der Waals surface area contributed by atoms with Crippen molar-refractivity contribution in [2.24, 2.45) is 0 Å². The van der Waals surface area contributed by atoms with Crippen LogP contribution in [-0.2, 0) is 11.3 Å². The quantitative estimate of drug-likeness (QED) is 0.788. The van der Waals surface area contributed by atoms with Gasteiger partial charge >= 0.3 is 0 Å². The van der Waals surface area contributed by atoms with Crippen LogP contribution in [-0.4, -0.2) is 17.4 Å². The Morgan fingerprint density at radius 2 is 2.00 bits per heavy atom. The SMILES string of the molecule is Cc1cc(Br)ccc1NC(=O)CCNCc1ccncc1. The molecule has 0 atom stereocenters. The van der Waals surface area contributed by atoms with Crippen LogP contribution in [0.3, 0.4) is 0 Å². The van der Waals surface area contributed by atoms with Crippen molar-refractivity contribution in [3.63, 3.8) is 0 Å². The first-order valence-corrected chi connectivity index (χ1v) is 7.60. The molecule has 5 heteroatoms. The highest BCUT2D eigenvalue weighted by Gasteiger charge is 2.04.